The molecule has 0 N–H and O–H groups in total. The third-order valence-corrected chi connectivity index (χ3v) is 5.38. The lowest BCUT2D eigenvalue weighted by Gasteiger charge is -2.40. The molecule has 1 saturated heterocycles. The highest BCUT2D eigenvalue weighted by atomic mass is 32.5. The fourth-order valence-corrected chi connectivity index (χ4v) is 4.40. The molecule has 12 heavy (non-hydrogen) atoms. The van der Waals surface area contributed by atoms with Crippen molar-refractivity contribution in [3.8, 4) is 0 Å². The minimum absolute atomic E-state index is 0.0940. The first-order valence-electron chi connectivity index (χ1n) is 4.35. The van der Waals surface area contributed by atoms with Gasteiger partial charge in [0.25, 0.3) is 0 Å². The van der Waals surface area contributed by atoms with Gasteiger partial charge in [-0.2, -0.15) is 0 Å². The highest BCUT2D eigenvalue weighted by Crippen LogP contribution is 2.57. The van der Waals surface area contributed by atoms with E-state index < -0.39 is 6.49 Å². The topological polar surface area (TPSA) is 18.5 Å². The first-order valence-corrected chi connectivity index (χ1v) is 7.17. The van der Waals surface area contributed by atoms with Crippen molar-refractivity contribution in [2.24, 2.45) is 0 Å². The van der Waals surface area contributed by atoms with Crippen LogP contribution in [0.3, 0.4) is 0 Å². The molecule has 0 aromatic rings. The first kappa shape index (κ1) is 10.6. The van der Waals surface area contributed by atoms with E-state index in [2.05, 4.69) is 20.8 Å². The van der Waals surface area contributed by atoms with Crippen molar-refractivity contribution in [1.82, 2.24) is 0 Å². The molecule has 1 fully saturated rings. The molecule has 1 heterocycles. The molecule has 2 unspecified atom stereocenters. The smallest absolute Gasteiger partial charge is 0.189 e. The van der Waals surface area contributed by atoms with Crippen molar-refractivity contribution in [1.29, 1.82) is 0 Å². The monoisotopic (exact) mass is 208 g/mol. The Morgan fingerprint density at radius 1 is 1.58 bits per heavy atom. The van der Waals surface area contributed by atoms with Gasteiger partial charge in [0, 0.05) is 12.6 Å². The lowest BCUT2D eigenvalue weighted by molar-refractivity contribution is 0.00398. The van der Waals surface area contributed by atoms with Crippen LogP contribution in [0.4, 0.5) is 0 Å². The maximum absolute atomic E-state index is 5.78. The summed E-state index contributed by atoms with van der Waals surface area (Å²) in [4.78, 5) is 0. The molecule has 2 nitrogen and oxygen atoms in total. The molecule has 0 aliphatic carbocycles. The van der Waals surface area contributed by atoms with Gasteiger partial charge in [-0.05, 0) is 32.6 Å². The van der Waals surface area contributed by atoms with Crippen LogP contribution in [0.25, 0.3) is 0 Å². The normalized spacial score (nSPS) is 41.2. The van der Waals surface area contributed by atoms with Gasteiger partial charge in [-0.1, -0.05) is 6.92 Å². The predicted molar refractivity (Wildman–Crippen MR) is 55.2 cm³/mol. The fourth-order valence-electron chi connectivity index (χ4n) is 1.58. The van der Waals surface area contributed by atoms with E-state index in [1.165, 1.54) is 0 Å². The van der Waals surface area contributed by atoms with E-state index in [0.29, 0.717) is 0 Å². The van der Waals surface area contributed by atoms with Crippen LogP contribution < -0.4 is 0 Å². The zero-order valence-corrected chi connectivity index (χ0v) is 9.87. The van der Waals surface area contributed by atoms with Gasteiger partial charge in [0.15, 0.2) is 6.49 Å². The van der Waals surface area contributed by atoms with E-state index in [1.807, 2.05) is 6.92 Å². The van der Waals surface area contributed by atoms with Crippen LogP contribution in [0, 0.1) is 0 Å². The standard InChI is InChI=1S/C8H17O2PS/c1-5-11(12)9-7(2)6-8(3,4)10-11/h7H,5-6H2,1-4H3. The Labute approximate surface area is 79.8 Å². The van der Waals surface area contributed by atoms with E-state index in [-0.39, 0.29) is 11.7 Å². The van der Waals surface area contributed by atoms with Crippen molar-refractivity contribution in [2.75, 3.05) is 6.16 Å². The van der Waals surface area contributed by atoms with Crippen LogP contribution in [0.2, 0.25) is 0 Å². The van der Waals surface area contributed by atoms with Crippen molar-refractivity contribution >= 4 is 18.3 Å². The molecule has 0 spiro atoms. The molecule has 0 aromatic carbocycles. The minimum Gasteiger partial charge on any atom is -0.326 e. The van der Waals surface area contributed by atoms with Gasteiger partial charge in [0.1, 0.15) is 0 Å². The van der Waals surface area contributed by atoms with Gasteiger partial charge in [0.05, 0.1) is 11.7 Å². The molecule has 0 aromatic heterocycles. The molecular weight excluding hydrogens is 191 g/mol. The van der Waals surface area contributed by atoms with Crippen LogP contribution in [0.5, 0.6) is 0 Å². The SMILES string of the molecule is CCP1(=S)OC(C)CC(C)(C)O1. The summed E-state index contributed by atoms with van der Waals surface area (Å²) in [5.41, 5.74) is -0.0940. The third-order valence-electron chi connectivity index (χ3n) is 1.89. The average molecular weight is 208 g/mol. The van der Waals surface area contributed by atoms with Gasteiger partial charge >= 0.3 is 0 Å². The molecule has 0 bridgehead atoms. The lowest BCUT2D eigenvalue weighted by atomic mass is 10.0. The van der Waals surface area contributed by atoms with E-state index in [9.17, 15) is 0 Å². The van der Waals surface area contributed by atoms with Crippen molar-refractivity contribution in [3.05, 3.63) is 0 Å². The largest absolute Gasteiger partial charge is 0.326 e. The Morgan fingerprint density at radius 3 is 2.58 bits per heavy atom. The summed E-state index contributed by atoms with van der Waals surface area (Å²) in [5.74, 6) is 0. The van der Waals surface area contributed by atoms with Gasteiger partial charge in [-0.25, -0.2) is 0 Å². The number of rotatable bonds is 1. The van der Waals surface area contributed by atoms with Crippen molar-refractivity contribution in [3.63, 3.8) is 0 Å². The van der Waals surface area contributed by atoms with Crippen LogP contribution >= 0.6 is 6.49 Å². The fraction of sp³-hybridized carbons (Fsp3) is 1.00. The van der Waals surface area contributed by atoms with E-state index >= 15 is 0 Å². The zero-order chi connectivity index (χ0) is 9.41. The van der Waals surface area contributed by atoms with Crippen molar-refractivity contribution < 1.29 is 9.05 Å². The predicted octanol–water partition coefficient (Wildman–Crippen LogP) is 2.92. The number of hydrogen-bond donors (Lipinski definition) is 0. The van der Waals surface area contributed by atoms with Gasteiger partial charge in [-0.15, -0.1) is 0 Å². The van der Waals surface area contributed by atoms with E-state index in [1.54, 1.807) is 0 Å². The van der Waals surface area contributed by atoms with E-state index in [4.69, 9.17) is 20.9 Å². The van der Waals surface area contributed by atoms with Gasteiger partial charge in [0.2, 0.25) is 0 Å². The maximum atomic E-state index is 5.78. The molecular formula is C8H17O2PS. The molecule has 4 heteroatoms. The van der Waals surface area contributed by atoms with Crippen molar-refractivity contribution in [2.45, 2.75) is 45.8 Å². The summed E-state index contributed by atoms with van der Waals surface area (Å²) in [6, 6.07) is 0. The average Bonchev–Trinajstić information content (AvgIpc) is 1.82. The zero-order valence-electron chi connectivity index (χ0n) is 8.16. The molecule has 72 valence electrons. The minimum atomic E-state index is -1.94. The summed E-state index contributed by atoms with van der Waals surface area (Å²) in [5, 5.41) is 0. The second kappa shape index (κ2) is 3.38. The summed E-state index contributed by atoms with van der Waals surface area (Å²) in [6.07, 6.45) is 2.01. The highest BCUT2D eigenvalue weighted by molar-refractivity contribution is 8.09. The Hall–Kier alpha value is 0.570. The Bertz CT molecular complexity index is 215. The van der Waals surface area contributed by atoms with Crippen LogP contribution in [-0.4, -0.2) is 17.9 Å². The lowest BCUT2D eigenvalue weighted by Crippen LogP contribution is -2.34. The molecule has 1 aliphatic rings. The van der Waals surface area contributed by atoms with Crippen LogP contribution in [0.1, 0.15) is 34.1 Å². The van der Waals surface area contributed by atoms with Crippen LogP contribution in [0.15, 0.2) is 0 Å². The Morgan fingerprint density at radius 2 is 2.17 bits per heavy atom. The second-order valence-electron chi connectivity index (χ2n) is 3.90. The summed E-state index contributed by atoms with van der Waals surface area (Å²) in [6.45, 7) is 6.34. The van der Waals surface area contributed by atoms with Gasteiger partial charge in [-0.3, -0.25) is 0 Å². The molecule has 0 radical (unpaired) electrons. The molecule has 1 aliphatic heterocycles. The molecule has 0 saturated carbocycles. The highest BCUT2D eigenvalue weighted by Gasteiger charge is 2.36. The van der Waals surface area contributed by atoms with Crippen LogP contribution in [-0.2, 0) is 20.9 Å². The summed E-state index contributed by atoms with van der Waals surface area (Å²) >= 11 is 5.35. The second-order valence-corrected chi connectivity index (χ2v) is 7.81. The molecule has 1 rings (SSSR count). The third kappa shape index (κ3) is 2.53. The summed E-state index contributed by atoms with van der Waals surface area (Å²) < 4.78 is 11.4. The quantitative estimate of drug-likeness (QED) is 0.617. The first-order chi connectivity index (χ1) is 5.37. The summed E-state index contributed by atoms with van der Waals surface area (Å²) in [7, 11) is 0. The Balaban J connectivity index is 2.77. The molecule has 0 amide bonds. The van der Waals surface area contributed by atoms with E-state index in [0.717, 1.165) is 12.6 Å². The maximum Gasteiger partial charge on any atom is 0.189 e. The number of hydrogen-bond acceptors (Lipinski definition) is 3. The molecule has 2 atom stereocenters. The van der Waals surface area contributed by atoms with Gasteiger partial charge < -0.3 is 9.05 Å². The Kier molecular flexibility index (Phi) is 3.00.